The van der Waals surface area contributed by atoms with E-state index in [0.29, 0.717) is 12.0 Å². The second-order valence-corrected chi connectivity index (χ2v) is 7.32. The quantitative estimate of drug-likeness (QED) is 0.651. The topological polar surface area (TPSA) is 94.1 Å². The molecule has 1 aliphatic carbocycles. The van der Waals surface area contributed by atoms with Crippen molar-refractivity contribution in [3.8, 4) is 0 Å². The standard InChI is InChI=1S/C15H23N5O2S/c1-10-14(22)20(16)15(18-17-10)23-9-13(21)19-8-4-6-11-5-2-3-7-12(11)19/h11-12H,2-9,16H2,1H3/t11-,12+/m0/s1. The van der Waals surface area contributed by atoms with E-state index >= 15 is 0 Å². The summed E-state index contributed by atoms with van der Waals surface area (Å²) in [4.78, 5) is 26.4. The van der Waals surface area contributed by atoms with Crippen molar-refractivity contribution in [3.05, 3.63) is 16.0 Å². The molecule has 2 N–H and O–H groups in total. The Morgan fingerprint density at radius 2 is 2.00 bits per heavy atom. The van der Waals surface area contributed by atoms with Gasteiger partial charge in [-0.25, -0.2) is 0 Å². The molecule has 1 saturated heterocycles. The number of fused-ring (bicyclic) bond motifs is 1. The maximum atomic E-state index is 12.6. The largest absolute Gasteiger partial charge is 0.339 e. The zero-order valence-electron chi connectivity index (χ0n) is 13.4. The smallest absolute Gasteiger partial charge is 0.294 e. The highest BCUT2D eigenvalue weighted by Crippen LogP contribution is 2.35. The van der Waals surface area contributed by atoms with Crippen molar-refractivity contribution in [3.63, 3.8) is 0 Å². The molecule has 0 spiro atoms. The van der Waals surface area contributed by atoms with E-state index in [1.807, 2.05) is 4.90 Å². The SMILES string of the molecule is Cc1nnc(SCC(=O)N2CCC[C@@H]3CCCC[C@H]32)n(N)c1=O. The van der Waals surface area contributed by atoms with Crippen LogP contribution in [-0.2, 0) is 4.79 Å². The monoisotopic (exact) mass is 337 g/mol. The molecule has 3 rings (SSSR count). The maximum Gasteiger partial charge on any atom is 0.294 e. The summed E-state index contributed by atoms with van der Waals surface area (Å²) in [7, 11) is 0. The van der Waals surface area contributed by atoms with E-state index in [2.05, 4.69) is 10.2 Å². The summed E-state index contributed by atoms with van der Waals surface area (Å²) >= 11 is 1.18. The van der Waals surface area contributed by atoms with Crippen LogP contribution in [0, 0.1) is 12.8 Å². The summed E-state index contributed by atoms with van der Waals surface area (Å²) in [5.41, 5.74) is -0.121. The van der Waals surface area contributed by atoms with E-state index in [9.17, 15) is 9.59 Å². The maximum absolute atomic E-state index is 12.6. The summed E-state index contributed by atoms with van der Waals surface area (Å²) in [5.74, 6) is 6.74. The Morgan fingerprint density at radius 3 is 2.83 bits per heavy atom. The van der Waals surface area contributed by atoms with Gasteiger partial charge in [0.1, 0.15) is 5.69 Å². The predicted molar refractivity (Wildman–Crippen MR) is 88.6 cm³/mol. The first-order valence-corrected chi connectivity index (χ1v) is 9.20. The Morgan fingerprint density at radius 1 is 1.26 bits per heavy atom. The van der Waals surface area contributed by atoms with E-state index in [0.717, 1.165) is 24.1 Å². The number of carbonyl (C=O) groups excluding carboxylic acids is 1. The Kier molecular flexibility index (Phi) is 4.89. The summed E-state index contributed by atoms with van der Waals surface area (Å²) in [5, 5.41) is 7.99. The Bertz CT molecular complexity index is 645. The van der Waals surface area contributed by atoms with Gasteiger partial charge < -0.3 is 10.7 Å². The first-order valence-electron chi connectivity index (χ1n) is 8.21. The van der Waals surface area contributed by atoms with Crippen molar-refractivity contribution in [1.29, 1.82) is 0 Å². The summed E-state index contributed by atoms with van der Waals surface area (Å²) in [6.07, 6.45) is 7.19. The second kappa shape index (κ2) is 6.90. The van der Waals surface area contributed by atoms with E-state index < -0.39 is 0 Å². The number of aromatic nitrogens is 3. The molecule has 2 aliphatic rings. The first kappa shape index (κ1) is 16.3. The van der Waals surface area contributed by atoms with Gasteiger partial charge in [-0.05, 0) is 38.5 Å². The van der Waals surface area contributed by atoms with Crippen LogP contribution in [0.3, 0.4) is 0 Å². The van der Waals surface area contributed by atoms with Crippen LogP contribution in [0.2, 0.25) is 0 Å². The molecule has 0 radical (unpaired) electrons. The fourth-order valence-corrected chi connectivity index (χ4v) is 4.45. The van der Waals surface area contributed by atoms with Crippen LogP contribution < -0.4 is 11.4 Å². The third kappa shape index (κ3) is 3.36. The van der Waals surface area contributed by atoms with Crippen molar-refractivity contribution in [2.45, 2.75) is 56.6 Å². The average molecular weight is 337 g/mol. The highest BCUT2D eigenvalue weighted by Gasteiger charge is 2.35. The second-order valence-electron chi connectivity index (χ2n) is 6.37. The van der Waals surface area contributed by atoms with Crippen molar-refractivity contribution >= 4 is 17.7 Å². The minimum atomic E-state index is -0.375. The Labute approximate surface area is 139 Å². The summed E-state index contributed by atoms with van der Waals surface area (Å²) in [6, 6.07) is 0.398. The van der Waals surface area contributed by atoms with Gasteiger partial charge in [-0.2, -0.15) is 4.68 Å². The minimum absolute atomic E-state index is 0.112. The van der Waals surface area contributed by atoms with Gasteiger partial charge in [0.15, 0.2) is 0 Å². The number of aryl methyl sites for hydroxylation is 1. The van der Waals surface area contributed by atoms with Gasteiger partial charge in [-0.3, -0.25) is 9.59 Å². The molecule has 2 heterocycles. The number of thioether (sulfide) groups is 1. The number of hydrogen-bond donors (Lipinski definition) is 1. The minimum Gasteiger partial charge on any atom is -0.339 e. The van der Waals surface area contributed by atoms with E-state index in [1.165, 1.54) is 37.4 Å². The molecule has 1 saturated carbocycles. The van der Waals surface area contributed by atoms with Crippen LogP contribution in [0.5, 0.6) is 0 Å². The zero-order chi connectivity index (χ0) is 16.4. The van der Waals surface area contributed by atoms with Gasteiger partial charge in [0.25, 0.3) is 5.56 Å². The molecular formula is C15H23N5O2S. The number of piperidine rings is 1. The molecule has 1 aromatic rings. The lowest BCUT2D eigenvalue weighted by Gasteiger charge is -2.44. The van der Waals surface area contributed by atoms with Crippen molar-refractivity contribution in [1.82, 2.24) is 19.8 Å². The molecule has 0 unspecified atom stereocenters. The third-order valence-corrected chi connectivity index (χ3v) is 5.84. The van der Waals surface area contributed by atoms with Crippen molar-refractivity contribution in [2.75, 3.05) is 18.1 Å². The predicted octanol–water partition coefficient (Wildman–Crippen LogP) is 0.934. The summed E-state index contributed by atoms with van der Waals surface area (Å²) in [6.45, 7) is 2.41. The number of nitrogens with two attached hydrogens (primary N) is 1. The molecule has 1 amide bonds. The lowest BCUT2D eigenvalue weighted by atomic mass is 9.78. The van der Waals surface area contributed by atoms with Gasteiger partial charge in [0.2, 0.25) is 11.1 Å². The molecule has 1 aliphatic heterocycles. The molecule has 8 heteroatoms. The number of likely N-dealkylation sites (tertiary alicyclic amines) is 1. The number of nitrogen functional groups attached to an aromatic ring is 1. The Balaban J connectivity index is 1.65. The van der Waals surface area contributed by atoms with Crippen LogP contribution in [0.4, 0.5) is 0 Å². The highest BCUT2D eigenvalue weighted by atomic mass is 32.2. The zero-order valence-corrected chi connectivity index (χ0v) is 14.2. The van der Waals surface area contributed by atoms with Crippen molar-refractivity contribution in [2.24, 2.45) is 5.92 Å². The molecular weight excluding hydrogens is 314 g/mol. The van der Waals surface area contributed by atoms with Crippen LogP contribution in [0.15, 0.2) is 9.95 Å². The van der Waals surface area contributed by atoms with Gasteiger partial charge in [0.05, 0.1) is 5.75 Å². The molecule has 0 aromatic carbocycles. The van der Waals surface area contributed by atoms with Crippen LogP contribution in [0.1, 0.15) is 44.2 Å². The van der Waals surface area contributed by atoms with Gasteiger partial charge in [0, 0.05) is 12.6 Å². The molecule has 126 valence electrons. The normalized spacial score (nSPS) is 24.3. The van der Waals surface area contributed by atoms with Crippen LogP contribution in [-0.4, -0.2) is 44.0 Å². The van der Waals surface area contributed by atoms with Crippen molar-refractivity contribution < 1.29 is 4.79 Å². The van der Waals surface area contributed by atoms with Crippen LogP contribution in [0.25, 0.3) is 0 Å². The molecule has 1 aromatic heterocycles. The molecule has 7 nitrogen and oxygen atoms in total. The van der Waals surface area contributed by atoms with E-state index in [-0.39, 0.29) is 28.1 Å². The average Bonchev–Trinajstić information content (AvgIpc) is 2.58. The number of hydrogen-bond acceptors (Lipinski definition) is 6. The molecule has 0 bridgehead atoms. The van der Waals surface area contributed by atoms with Gasteiger partial charge in [-0.1, -0.05) is 24.6 Å². The molecule has 2 fully saturated rings. The third-order valence-electron chi connectivity index (χ3n) is 4.91. The van der Waals surface area contributed by atoms with Gasteiger partial charge >= 0.3 is 0 Å². The fourth-order valence-electron chi connectivity index (χ4n) is 3.71. The number of carbonyl (C=O) groups is 1. The number of nitrogens with zero attached hydrogens (tertiary/aromatic N) is 4. The number of rotatable bonds is 3. The van der Waals surface area contributed by atoms with E-state index in [1.54, 1.807) is 6.92 Å². The lowest BCUT2D eigenvalue weighted by molar-refractivity contribution is -0.134. The fraction of sp³-hybridized carbons (Fsp3) is 0.733. The first-order chi connectivity index (χ1) is 11.1. The Hall–Kier alpha value is -1.57. The highest BCUT2D eigenvalue weighted by molar-refractivity contribution is 7.99. The molecule has 23 heavy (non-hydrogen) atoms. The lowest BCUT2D eigenvalue weighted by Crippen LogP contribution is -2.50. The van der Waals surface area contributed by atoms with Gasteiger partial charge in [-0.15, -0.1) is 10.2 Å². The van der Waals surface area contributed by atoms with Crippen LogP contribution >= 0.6 is 11.8 Å². The number of amides is 1. The molecule has 2 atom stereocenters. The van der Waals surface area contributed by atoms with E-state index in [4.69, 9.17) is 5.84 Å². The summed E-state index contributed by atoms with van der Waals surface area (Å²) < 4.78 is 0.972.